The van der Waals surface area contributed by atoms with E-state index in [0.717, 1.165) is 30.8 Å². The smallest absolute Gasteiger partial charge is 0.295 e. The highest BCUT2D eigenvalue weighted by Crippen LogP contribution is 2.42. The number of carbonyl (C=O) groups is 2. The number of benzene rings is 3. The Morgan fingerprint density at radius 1 is 1.00 bits per heavy atom. The number of morpholine rings is 1. The Morgan fingerprint density at radius 2 is 1.76 bits per heavy atom. The van der Waals surface area contributed by atoms with Gasteiger partial charge in [0.15, 0.2) is 0 Å². The molecule has 0 aromatic heterocycles. The summed E-state index contributed by atoms with van der Waals surface area (Å²) in [6.45, 7) is 6.38. The molecule has 0 spiro atoms. The number of Topliss-reactive ketones (excluding diaryl/α,β-unsaturated/α-hetero) is 1. The first-order valence-corrected chi connectivity index (χ1v) is 14.4. The van der Waals surface area contributed by atoms with Gasteiger partial charge in [0, 0.05) is 41.8 Å². The molecule has 1 atom stereocenters. The fraction of sp³-hybridized carbons (Fsp3) is 0.312. The molecule has 2 aliphatic heterocycles. The highest BCUT2D eigenvalue weighted by molar-refractivity contribution is 6.47. The van der Waals surface area contributed by atoms with Crippen molar-refractivity contribution in [1.82, 2.24) is 9.80 Å². The lowest BCUT2D eigenvalue weighted by Gasteiger charge is -2.29. The van der Waals surface area contributed by atoms with Crippen LogP contribution in [0.1, 0.15) is 34.7 Å². The monoisotopic (exact) mass is 594 g/mol. The summed E-state index contributed by atoms with van der Waals surface area (Å²) in [7, 11) is 0. The number of nitrogens with zero attached hydrogens (tertiary/aromatic N) is 2. The van der Waals surface area contributed by atoms with Gasteiger partial charge in [-0.1, -0.05) is 59.6 Å². The van der Waals surface area contributed by atoms with Crippen molar-refractivity contribution in [3.8, 4) is 5.75 Å². The van der Waals surface area contributed by atoms with E-state index in [2.05, 4.69) is 4.90 Å². The lowest BCUT2D eigenvalue weighted by atomic mass is 9.94. The SMILES string of the molecule is Cc1cc(C(O)=C2C(=O)C(=O)N(CCCN3CCOCC3)[C@@H]2c2ccc(Cl)cc2Cl)ccc1OCc1ccccc1. The van der Waals surface area contributed by atoms with Gasteiger partial charge in [0.1, 0.15) is 18.1 Å². The number of rotatable bonds is 9. The molecule has 9 heteroatoms. The van der Waals surface area contributed by atoms with Crippen LogP contribution in [0.4, 0.5) is 0 Å². The van der Waals surface area contributed by atoms with Gasteiger partial charge in [-0.2, -0.15) is 0 Å². The summed E-state index contributed by atoms with van der Waals surface area (Å²) in [6.07, 6.45) is 0.654. The Morgan fingerprint density at radius 3 is 2.46 bits per heavy atom. The number of aliphatic hydroxyl groups excluding tert-OH is 1. The Kier molecular flexibility index (Phi) is 9.30. The van der Waals surface area contributed by atoms with E-state index in [1.54, 1.807) is 36.4 Å². The third-order valence-electron chi connectivity index (χ3n) is 7.46. The summed E-state index contributed by atoms with van der Waals surface area (Å²) in [4.78, 5) is 30.6. The van der Waals surface area contributed by atoms with E-state index < -0.39 is 17.7 Å². The van der Waals surface area contributed by atoms with Gasteiger partial charge in [-0.15, -0.1) is 0 Å². The number of amides is 1. The molecule has 2 fully saturated rings. The molecule has 41 heavy (non-hydrogen) atoms. The van der Waals surface area contributed by atoms with E-state index in [1.165, 1.54) is 4.90 Å². The normalized spacial score (nSPS) is 19.1. The molecule has 0 unspecified atom stereocenters. The molecule has 214 valence electrons. The van der Waals surface area contributed by atoms with Crippen molar-refractivity contribution in [3.63, 3.8) is 0 Å². The molecule has 3 aromatic rings. The minimum absolute atomic E-state index is 0.00273. The number of hydrogen-bond donors (Lipinski definition) is 1. The van der Waals surface area contributed by atoms with E-state index in [1.807, 2.05) is 37.3 Å². The van der Waals surface area contributed by atoms with E-state index in [9.17, 15) is 14.7 Å². The molecule has 1 amide bonds. The average Bonchev–Trinajstić information content (AvgIpc) is 3.22. The number of aliphatic hydroxyl groups is 1. The third-order valence-corrected chi connectivity index (χ3v) is 8.02. The molecule has 0 saturated carbocycles. The summed E-state index contributed by atoms with van der Waals surface area (Å²) in [5.74, 6) is -1.00. The topological polar surface area (TPSA) is 79.3 Å². The van der Waals surface area contributed by atoms with Crippen molar-refractivity contribution in [2.24, 2.45) is 0 Å². The highest BCUT2D eigenvalue weighted by atomic mass is 35.5. The first-order chi connectivity index (χ1) is 19.8. The van der Waals surface area contributed by atoms with Crippen LogP contribution in [0, 0.1) is 6.92 Å². The molecule has 1 N–H and O–H groups in total. The zero-order chi connectivity index (χ0) is 28.9. The van der Waals surface area contributed by atoms with Crippen molar-refractivity contribution in [1.29, 1.82) is 0 Å². The number of aryl methyl sites for hydroxylation is 1. The van der Waals surface area contributed by atoms with Crippen LogP contribution in [0.2, 0.25) is 10.0 Å². The maximum atomic E-state index is 13.4. The van der Waals surface area contributed by atoms with Gasteiger partial charge < -0.3 is 19.5 Å². The van der Waals surface area contributed by atoms with Gasteiger partial charge in [0.25, 0.3) is 11.7 Å². The standard InChI is InChI=1S/C32H32Cl2N2O5/c1-21-18-23(8-11-27(21)41-20-22-6-3-2-4-7-22)30(37)28-29(25-10-9-24(33)19-26(25)34)36(32(39)31(28)38)13-5-12-35-14-16-40-17-15-35/h2-4,6-11,18-19,29,37H,5,12-17,20H2,1H3/t29-/m1/s1. The van der Waals surface area contributed by atoms with Crippen LogP contribution in [0.25, 0.3) is 5.76 Å². The number of hydrogen-bond acceptors (Lipinski definition) is 6. The molecule has 2 saturated heterocycles. The molecule has 0 radical (unpaired) electrons. The Labute approximate surface area is 249 Å². The Balaban J connectivity index is 1.44. The molecule has 0 aliphatic carbocycles. The maximum absolute atomic E-state index is 13.4. The fourth-order valence-electron chi connectivity index (χ4n) is 5.30. The third kappa shape index (κ3) is 6.60. The minimum Gasteiger partial charge on any atom is -0.507 e. The largest absolute Gasteiger partial charge is 0.507 e. The van der Waals surface area contributed by atoms with E-state index >= 15 is 0 Å². The van der Waals surface area contributed by atoms with Crippen molar-refractivity contribution in [2.45, 2.75) is 26.0 Å². The number of likely N-dealkylation sites (tertiary alicyclic amines) is 1. The highest BCUT2D eigenvalue weighted by Gasteiger charge is 2.46. The molecule has 2 heterocycles. The fourth-order valence-corrected chi connectivity index (χ4v) is 5.81. The molecule has 0 bridgehead atoms. The van der Waals surface area contributed by atoms with Crippen LogP contribution < -0.4 is 4.74 Å². The van der Waals surface area contributed by atoms with Crippen LogP contribution >= 0.6 is 23.2 Å². The number of ketones is 1. The van der Waals surface area contributed by atoms with Gasteiger partial charge in [-0.25, -0.2) is 0 Å². The summed E-state index contributed by atoms with van der Waals surface area (Å²) >= 11 is 12.8. The zero-order valence-electron chi connectivity index (χ0n) is 22.8. The van der Waals surface area contributed by atoms with Crippen molar-refractivity contribution >= 4 is 40.7 Å². The van der Waals surface area contributed by atoms with E-state index in [-0.39, 0.29) is 11.3 Å². The summed E-state index contributed by atoms with van der Waals surface area (Å²) < 4.78 is 11.4. The van der Waals surface area contributed by atoms with E-state index in [4.69, 9.17) is 32.7 Å². The van der Waals surface area contributed by atoms with Crippen LogP contribution in [0.5, 0.6) is 5.75 Å². The number of halogens is 2. The lowest BCUT2D eigenvalue weighted by molar-refractivity contribution is -0.140. The quantitative estimate of drug-likeness (QED) is 0.185. The first-order valence-electron chi connectivity index (χ1n) is 13.6. The van der Waals surface area contributed by atoms with Gasteiger partial charge >= 0.3 is 0 Å². The predicted octanol–water partition coefficient (Wildman–Crippen LogP) is 6.02. The van der Waals surface area contributed by atoms with E-state index in [0.29, 0.717) is 59.7 Å². The summed E-state index contributed by atoms with van der Waals surface area (Å²) in [5, 5.41) is 12.3. The number of carbonyl (C=O) groups excluding carboxylic acids is 2. The predicted molar refractivity (Wildman–Crippen MR) is 159 cm³/mol. The van der Waals surface area contributed by atoms with Gasteiger partial charge in [-0.05, 0) is 60.4 Å². The molecule has 2 aliphatic rings. The maximum Gasteiger partial charge on any atom is 0.295 e. The minimum atomic E-state index is -0.848. The van der Waals surface area contributed by atoms with Crippen LogP contribution in [-0.2, 0) is 20.9 Å². The molecular formula is C32H32Cl2N2O5. The Hall–Kier alpha value is -3.36. The summed E-state index contributed by atoms with van der Waals surface area (Å²) in [6, 6.07) is 19.1. The average molecular weight is 596 g/mol. The van der Waals surface area contributed by atoms with Crippen LogP contribution in [0.3, 0.4) is 0 Å². The second kappa shape index (κ2) is 13.1. The van der Waals surface area contributed by atoms with Gasteiger partial charge in [0.05, 0.1) is 24.8 Å². The van der Waals surface area contributed by atoms with Crippen molar-refractivity contribution < 1.29 is 24.2 Å². The zero-order valence-corrected chi connectivity index (χ0v) is 24.3. The van der Waals surface area contributed by atoms with Crippen molar-refractivity contribution in [3.05, 3.63) is 105 Å². The second-order valence-electron chi connectivity index (χ2n) is 10.2. The Bertz CT molecular complexity index is 1450. The van der Waals surface area contributed by atoms with Crippen LogP contribution in [-0.4, -0.2) is 66.0 Å². The molecule has 5 rings (SSSR count). The molecule has 7 nitrogen and oxygen atoms in total. The first kappa shape index (κ1) is 29.1. The lowest BCUT2D eigenvalue weighted by Crippen LogP contribution is -2.39. The molecule has 3 aromatic carbocycles. The van der Waals surface area contributed by atoms with Crippen LogP contribution in [0.15, 0.2) is 72.3 Å². The van der Waals surface area contributed by atoms with Gasteiger partial charge in [0.2, 0.25) is 0 Å². The number of ether oxygens (including phenoxy) is 2. The summed E-state index contributed by atoms with van der Waals surface area (Å²) in [5.41, 5.74) is 2.76. The van der Waals surface area contributed by atoms with Crippen molar-refractivity contribution in [2.75, 3.05) is 39.4 Å². The van der Waals surface area contributed by atoms with Gasteiger partial charge in [-0.3, -0.25) is 14.5 Å². The molecular weight excluding hydrogens is 563 g/mol. The second-order valence-corrected chi connectivity index (χ2v) is 11.1.